The predicted octanol–water partition coefficient (Wildman–Crippen LogP) is 2.32. The Bertz CT molecular complexity index is 1020. The number of fused-ring (bicyclic) bond motifs is 3. The first-order chi connectivity index (χ1) is 16.4. The highest BCUT2D eigenvalue weighted by atomic mass is 32.2. The first kappa shape index (κ1) is 26.5. The standard InChI is InChI=1S/C25H37FN2O6S/c1-24-11-10-21-25(2,15-33-23(34-21)14-28-35(3,31)32)20(24)9-8-19(29)18(24)12-22(30)27-13-16-4-6-17(26)7-5-16/h4-7,18-21,23,28-29H,8-15H2,1-3H3,(H,27,30). The molecule has 1 heterocycles. The average Bonchev–Trinajstić information content (AvgIpc) is 2.79. The third-order valence-electron chi connectivity index (χ3n) is 8.55. The van der Waals surface area contributed by atoms with Gasteiger partial charge in [-0.3, -0.25) is 4.79 Å². The molecule has 1 aromatic carbocycles. The minimum Gasteiger partial charge on any atom is -0.393 e. The fraction of sp³-hybridized carbons (Fsp3) is 0.720. The van der Waals surface area contributed by atoms with Gasteiger partial charge in [-0.25, -0.2) is 17.5 Å². The second kappa shape index (κ2) is 10.0. The van der Waals surface area contributed by atoms with E-state index in [0.717, 1.165) is 31.1 Å². The summed E-state index contributed by atoms with van der Waals surface area (Å²) in [4.78, 5) is 12.9. The van der Waals surface area contributed by atoms with Crippen LogP contribution in [0.5, 0.6) is 0 Å². The molecule has 3 aliphatic rings. The summed E-state index contributed by atoms with van der Waals surface area (Å²) >= 11 is 0. The summed E-state index contributed by atoms with van der Waals surface area (Å²) in [6, 6.07) is 6.03. The zero-order valence-electron chi connectivity index (χ0n) is 20.6. The Balaban J connectivity index is 1.42. The third-order valence-corrected chi connectivity index (χ3v) is 9.24. The number of sulfonamides is 1. The maximum atomic E-state index is 13.1. The molecule has 2 aliphatic carbocycles. The van der Waals surface area contributed by atoms with Gasteiger partial charge in [0.05, 0.1) is 31.6 Å². The maximum absolute atomic E-state index is 13.1. The van der Waals surface area contributed by atoms with E-state index in [1.165, 1.54) is 12.1 Å². The highest BCUT2D eigenvalue weighted by Crippen LogP contribution is 2.62. The Morgan fingerprint density at radius 3 is 2.57 bits per heavy atom. The molecule has 0 spiro atoms. The van der Waals surface area contributed by atoms with Gasteiger partial charge in [0.1, 0.15) is 5.82 Å². The lowest BCUT2D eigenvalue weighted by molar-refractivity contribution is -0.305. The summed E-state index contributed by atoms with van der Waals surface area (Å²) in [6.07, 6.45) is 3.03. The minimum atomic E-state index is -3.34. The van der Waals surface area contributed by atoms with Gasteiger partial charge in [0.2, 0.25) is 15.9 Å². The van der Waals surface area contributed by atoms with Crippen molar-refractivity contribution in [3.63, 3.8) is 0 Å². The number of nitrogens with one attached hydrogen (secondary N) is 2. The first-order valence-electron chi connectivity index (χ1n) is 12.3. The van der Waals surface area contributed by atoms with Gasteiger partial charge >= 0.3 is 0 Å². The fourth-order valence-electron chi connectivity index (χ4n) is 6.69. The number of halogens is 1. The van der Waals surface area contributed by atoms with Gasteiger partial charge in [0.15, 0.2) is 6.29 Å². The number of carbonyl (C=O) groups excluding carboxylic acids is 1. The number of benzene rings is 1. The van der Waals surface area contributed by atoms with Gasteiger partial charge in [-0.1, -0.05) is 26.0 Å². The average molecular weight is 513 g/mol. The molecule has 35 heavy (non-hydrogen) atoms. The van der Waals surface area contributed by atoms with Crippen LogP contribution in [0.3, 0.4) is 0 Å². The summed E-state index contributed by atoms with van der Waals surface area (Å²) in [5.41, 5.74) is 0.260. The van der Waals surface area contributed by atoms with Crippen LogP contribution >= 0.6 is 0 Å². The van der Waals surface area contributed by atoms with Crippen molar-refractivity contribution in [2.24, 2.45) is 22.7 Å². The van der Waals surface area contributed by atoms with Gasteiger partial charge < -0.3 is 19.9 Å². The molecule has 1 aromatic rings. The monoisotopic (exact) mass is 512 g/mol. The van der Waals surface area contributed by atoms with Crippen molar-refractivity contribution in [1.82, 2.24) is 10.0 Å². The number of carbonyl (C=O) groups is 1. The number of ether oxygens (including phenoxy) is 2. The highest BCUT2D eigenvalue weighted by molar-refractivity contribution is 7.88. The quantitative estimate of drug-likeness (QED) is 0.517. The van der Waals surface area contributed by atoms with Crippen molar-refractivity contribution in [3.05, 3.63) is 35.6 Å². The van der Waals surface area contributed by atoms with Gasteiger partial charge in [0, 0.05) is 18.4 Å². The van der Waals surface area contributed by atoms with Crippen molar-refractivity contribution < 1.29 is 32.2 Å². The van der Waals surface area contributed by atoms with Crippen molar-refractivity contribution in [1.29, 1.82) is 0 Å². The van der Waals surface area contributed by atoms with Gasteiger partial charge in [-0.15, -0.1) is 0 Å². The van der Waals surface area contributed by atoms with E-state index in [1.807, 2.05) is 0 Å². The number of aliphatic hydroxyl groups is 1. The molecule has 0 bridgehead atoms. The topological polar surface area (TPSA) is 114 Å². The van der Waals surface area contributed by atoms with Crippen molar-refractivity contribution >= 4 is 15.9 Å². The molecule has 10 heteroatoms. The minimum absolute atomic E-state index is 0.0723. The zero-order valence-corrected chi connectivity index (χ0v) is 21.4. The molecule has 7 unspecified atom stereocenters. The SMILES string of the molecule is CC12COC(CNS(C)(=O)=O)OC1CCC1(C)C(CC(=O)NCc3ccc(F)cc3)C(O)CCC21. The summed E-state index contributed by atoms with van der Waals surface area (Å²) in [7, 11) is -3.34. The largest absolute Gasteiger partial charge is 0.393 e. The molecule has 4 rings (SSSR count). The molecule has 2 saturated carbocycles. The van der Waals surface area contributed by atoms with Crippen molar-refractivity contribution in [3.8, 4) is 0 Å². The normalized spacial score (nSPS) is 37.2. The molecule has 0 radical (unpaired) electrons. The molecule has 1 saturated heterocycles. The van der Waals surface area contributed by atoms with Crippen molar-refractivity contribution in [2.45, 2.75) is 71.0 Å². The molecule has 0 aromatic heterocycles. The van der Waals surface area contributed by atoms with Crippen LogP contribution in [0.1, 0.15) is 51.5 Å². The molecule has 196 valence electrons. The van der Waals surface area contributed by atoms with Gasteiger partial charge in [-0.05, 0) is 60.6 Å². The van der Waals surface area contributed by atoms with Crippen LogP contribution in [0.25, 0.3) is 0 Å². The van der Waals surface area contributed by atoms with Crippen molar-refractivity contribution in [2.75, 3.05) is 19.4 Å². The Labute approximate surface area is 207 Å². The number of hydrogen-bond acceptors (Lipinski definition) is 6. The van der Waals surface area contributed by atoms with E-state index < -0.39 is 22.4 Å². The lowest BCUT2D eigenvalue weighted by atomic mass is 9.46. The Hall–Kier alpha value is -1.59. The smallest absolute Gasteiger partial charge is 0.220 e. The van der Waals surface area contributed by atoms with Crippen LogP contribution in [0.4, 0.5) is 4.39 Å². The molecule has 1 aliphatic heterocycles. The van der Waals surface area contributed by atoms with E-state index in [0.29, 0.717) is 19.6 Å². The highest BCUT2D eigenvalue weighted by Gasteiger charge is 2.61. The lowest BCUT2D eigenvalue weighted by Crippen LogP contribution is -2.63. The van der Waals surface area contributed by atoms with Crippen LogP contribution in [-0.4, -0.2) is 57.3 Å². The molecule has 1 amide bonds. The molecule has 7 atom stereocenters. The summed E-state index contributed by atoms with van der Waals surface area (Å²) < 4.78 is 50.7. The second-order valence-corrected chi connectivity index (χ2v) is 12.8. The molecule has 3 fully saturated rings. The van der Waals surface area contributed by atoms with E-state index >= 15 is 0 Å². The molecule has 8 nitrogen and oxygen atoms in total. The van der Waals surface area contributed by atoms with Gasteiger partial charge in [-0.2, -0.15) is 0 Å². The fourth-order valence-corrected chi connectivity index (χ4v) is 7.13. The van der Waals surface area contributed by atoms with E-state index in [4.69, 9.17) is 9.47 Å². The van der Waals surface area contributed by atoms with Gasteiger partial charge in [0.25, 0.3) is 0 Å². The number of rotatable bonds is 7. The molecule has 3 N–H and O–H groups in total. The number of hydrogen-bond donors (Lipinski definition) is 3. The molecular weight excluding hydrogens is 475 g/mol. The van der Waals surface area contributed by atoms with Crippen LogP contribution in [0.15, 0.2) is 24.3 Å². The second-order valence-electron chi connectivity index (χ2n) is 10.9. The zero-order chi connectivity index (χ0) is 25.4. The summed E-state index contributed by atoms with van der Waals surface area (Å²) in [6.45, 7) is 5.16. The Morgan fingerprint density at radius 2 is 1.89 bits per heavy atom. The predicted molar refractivity (Wildman–Crippen MR) is 128 cm³/mol. The number of aliphatic hydroxyl groups excluding tert-OH is 1. The first-order valence-corrected chi connectivity index (χ1v) is 14.2. The van der Waals surface area contributed by atoms with E-state index in [1.54, 1.807) is 12.1 Å². The van der Waals surface area contributed by atoms with Crippen LogP contribution in [-0.2, 0) is 30.8 Å². The Kier molecular flexibility index (Phi) is 7.60. The number of amides is 1. The Morgan fingerprint density at radius 1 is 1.17 bits per heavy atom. The van der Waals surface area contributed by atoms with Crippen LogP contribution in [0, 0.1) is 28.5 Å². The van der Waals surface area contributed by atoms with Crippen LogP contribution in [0.2, 0.25) is 0 Å². The third kappa shape index (κ3) is 5.72. The molecular formula is C25H37FN2O6S. The lowest BCUT2D eigenvalue weighted by Gasteiger charge is -2.63. The van der Waals surface area contributed by atoms with E-state index in [-0.39, 0.29) is 53.5 Å². The van der Waals surface area contributed by atoms with E-state index in [2.05, 4.69) is 23.9 Å². The summed E-state index contributed by atoms with van der Waals surface area (Å²) in [5.74, 6) is -0.453. The maximum Gasteiger partial charge on any atom is 0.220 e. The summed E-state index contributed by atoms with van der Waals surface area (Å²) in [5, 5.41) is 13.9. The van der Waals surface area contributed by atoms with E-state index in [9.17, 15) is 22.7 Å². The van der Waals surface area contributed by atoms with Crippen LogP contribution < -0.4 is 10.0 Å².